The second-order valence-electron chi connectivity index (χ2n) is 9.19. The van der Waals surface area contributed by atoms with E-state index in [1.807, 2.05) is 37.3 Å². The zero-order chi connectivity index (χ0) is 29.0. The number of alkyl halides is 3. The van der Waals surface area contributed by atoms with E-state index >= 15 is 0 Å². The van der Waals surface area contributed by atoms with Crippen molar-refractivity contribution < 1.29 is 32.6 Å². The third kappa shape index (κ3) is 6.20. The van der Waals surface area contributed by atoms with Gasteiger partial charge in [-0.05, 0) is 37.5 Å². The van der Waals surface area contributed by atoms with Crippen molar-refractivity contribution in [1.29, 1.82) is 0 Å². The van der Waals surface area contributed by atoms with Gasteiger partial charge in [-0.1, -0.05) is 24.3 Å². The number of aliphatic carboxylic acids is 1. The summed E-state index contributed by atoms with van der Waals surface area (Å²) >= 11 is 0. The van der Waals surface area contributed by atoms with Crippen LogP contribution in [0.25, 0.3) is 22.3 Å². The molecule has 13 heteroatoms. The molecule has 0 fully saturated rings. The number of nitrogens with zero attached hydrogens (tertiary/aromatic N) is 3. The number of halogens is 3. The number of nitrogens with one attached hydrogen (secondary N) is 1. The number of fused-ring (bicyclic) bond motifs is 4. The lowest BCUT2D eigenvalue weighted by molar-refractivity contribution is -0.192. The molecule has 0 aliphatic carbocycles. The Labute approximate surface area is 225 Å². The number of H-pyrrole nitrogens is 1. The number of aromatic nitrogens is 4. The molecule has 4 aromatic rings. The second kappa shape index (κ2) is 11.7. The number of pyridine rings is 2. The van der Waals surface area contributed by atoms with Crippen LogP contribution in [0.4, 0.5) is 13.2 Å². The van der Waals surface area contributed by atoms with Gasteiger partial charge in [-0.15, -0.1) is 0 Å². The summed E-state index contributed by atoms with van der Waals surface area (Å²) in [7, 11) is 0. The quantitative estimate of drug-likeness (QED) is 0.204. The Kier molecular flexibility index (Phi) is 8.33. The van der Waals surface area contributed by atoms with Gasteiger partial charge in [-0.2, -0.15) is 13.2 Å². The Bertz CT molecular complexity index is 1600. The average Bonchev–Trinajstić information content (AvgIpc) is 3.56. The maximum atomic E-state index is 12.7. The minimum atomic E-state index is -5.08. The van der Waals surface area contributed by atoms with E-state index in [1.165, 1.54) is 0 Å². The van der Waals surface area contributed by atoms with Gasteiger partial charge in [0.2, 0.25) is 0 Å². The van der Waals surface area contributed by atoms with Crippen molar-refractivity contribution in [2.45, 2.75) is 44.9 Å². The highest BCUT2D eigenvalue weighted by molar-refractivity contribution is 5.88. The summed E-state index contributed by atoms with van der Waals surface area (Å²) in [6, 6.07) is 11.1. The predicted octanol–water partition coefficient (Wildman–Crippen LogP) is 3.14. The first kappa shape index (κ1) is 28.5. The standard InChI is InChI=1S/C25H25N5O3.C2HF3O2/c1-15-8-9-22-23-19(13-30(22)24(15)31)17(18-5-2-3-7-21(18)29-23)6-4-10-33-25(32)20(26)11-16-12-27-14-28-16;3-2(4,5)1(6)7/h2-3,5,7-9,12,14,20H,4,6,10-11,13,26H2,1H3,(H,27,28);(H,6,7)/t20-;/m0./s1. The first-order chi connectivity index (χ1) is 19.0. The fraction of sp³-hybridized carbons (Fsp3) is 0.296. The number of aryl methyl sites for hydroxylation is 2. The monoisotopic (exact) mass is 557 g/mol. The molecule has 0 unspecified atom stereocenters. The fourth-order valence-corrected chi connectivity index (χ4v) is 4.44. The first-order valence-corrected chi connectivity index (χ1v) is 12.3. The molecule has 0 saturated carbocycles. The third-order valence-corrected chi connectivity index (χ3v) is 6.39. The lowest BCUT2D eigenvalue weighted by Gasteiger charge is -2.13. The Balaban J connectivity index is 0.000000470. The second-order valence-corrected chi connectivity index (χ2v) is 9.19. The number of benzene rings is 1. The van der Waals surface area contributed by atoms with Crippen molar-refractivity contribution in [3.05, 3.63) is 81.7 Å². The van der Waals surface area contributed by atoms with E-state index in [2.05, 4.69) is 16.0 Å². The number of imidazole rings is 1. The van der Waals surface area contributed by atoms with E-state index < -0.39 is 24.2 Å². The van der Waals surface area contributed by atoms with Crippen LogP contribution < -0.4 is 11.3 Å². The van der Waals surface area contributed by atoms with Gasteiger partial charge in [0, 0.05) is 34.8 Å². The van der Waals surface area contributed by atoms with Crippen LogP contribution >= 0.6 is 0 Å². The molecular weight excluding hydrogens is 531 g/mol. The summed E-state index contributed by atoms with van der Waals surface area (Å²) in [4.78, 5) is 45.6. The molecule has 1 aromatic carbocycles. The Hall–Kier alpha value is -4.52. The van der Waals surface area contributed by atoms with Gasteiger partial charge in [-0.25, -0.2) is 14.8 Å². The molecule has 0 radical (unpaired) electrons. The number of hydrogen-bond donors (Lipinski definition) is 3. The molecule has 210 valence electrons. The number of carbonyl (C=O) groups excluding carboxylic acids is 1. The summed E-state index contributed by atoms with van der Waals surface area (Å²) in [6.45, 7) is 2.61. The van der Waals surface area contributed by atoms with Crippen LogP contribution in [0.1, 0.15) is 28.8 Å². The van der Waals surface area contributed by atoms with E-state index in [1.54, 1.807) is 17.1 Å². The third-order valence-electron chi connectivity index (χ3n) is 6.39. The largest absolute Gasteiger partial charge is 0.490 e. The number of nitrogens with two attached hydrogens (primary N) is 1. The molecule has 0 spiro atoms. The first-order valence-electron chi connectivity index (χ1n) is 12.3. The predicted molar refractivity (Wildman–Crippen MR) is 139 cm³/mol. The molecule has 0 saturated heterocycles. The Morgan fingerprint density at radius 2 is 1.95 bits per heavy atom. The number of carbonyl (C=O) groups is 2. The van der Waals surface area contributed by atoms with Gasteiger partial charge in [0.05, 0.1) is 36.4 Å². The number of ether oxygens (including phenoxy) is 1. The smallest absolute Gasteiger partial charge is 0.475 e. The topological polar surface area (TPSA) is 153 Å². The number of hydrogen-bond acceptors (Lipinski definition) is 7. The number of rotatable bonds is 7. The van der Waals surface area contributed by atoms with E-state index in [9.17, 15) is 22.8 Å². The molecule has 1 atom stereocenters. The fourth-order valence-electron chi connectivity index (χ4n) is 4.44. The Morgan fingerprint density at radius 3 is 2.62 bits per heavy atom. The van der Waals surface area contributed by atoms with Crippen molar-refractivity contribution in [3.8, 4) is 11.4 Å². The number of para-hydroxylation sites is 1. The van der Waals surface area contributed by atoms with Crippen molar-refractivity contribution in [2.75, 3.05) is 6.61 Å². The Morgan fingerprint density at radius 1 is 1.23 bits per heavy atom. The molecular formula is C27H26F3N5O5. The molecule has 1 aliphatic heterocycles. The zero-order valence-electron chi connectivity index (χ0n) is 21.4. The molecule has 0 bridgehead atoms. The number of carboxylic acid groups (broad SMARTS) is 1. The molecule has 5 rings (SSSR count). The van der Waals surface area contributed by atoms with Crippen LogP contribution in [-0.2, 0) is 33.7 Å². The van der Waals surface area contributed by atoms with Crippen LogP contribution in [0.3, 0.4) is 0 Å². The summed E-state index contributed by atoms with van der Waals surface area (Å²) in [5, 5.41) is 8.19. The van der Waals surface area contributed by atoms with Crippen molar-refractivity contribution >= 4 is 22.8 Å². The summed E-state index contributed by atoms with van der Waals surface area (Å²) in [5.74, 6) is -3.18. The van der Waals surface area contributed by atoms with Gasteiger partial charge in [0.1, 0.15) is 6.04 Å². The van der Waals surface area contributed by atoms with Crippen LogP contribution in [-0.4, -0.2) is 55.4 Å². The maximum absolute atomic E-state index is 12.7. The average molecular weight is 558 g/mol. The lowest BCUT2D eigenvalue weighted by atomic mass is 9.97. The van der Waals surface area contributed by atoms with Gasteiger partial charge in [0.15, 0.2) is 0 Å². The van der Waals surface area contributed by atoms with Gasteiger partial charge in [0.25, 0.3) is 5.56 Å². The molecule has 1 aliphatic rings. The lowest BCUT2D eigenvalue weighted by Crippen LogP contribution is -2.34. The van der Waals surface area contributed by atoms with Crippen molar-refractivity contribution in [1.82, 2.24) is 19.5 Å². The van der Waals surface area contributed by atoms with Crippen molar-refractivity contribution in [3.63, 3.8) is 0 Å². The van der Waals surface area contributed by atoms with Gasteiger partial charge < -0.3 is 25.1 Å². The highest BCUT2D eigenvalue weighted by Gasteiger charge is 2.38. The summed E-state index contributed by atoms with van der Waals surface area (Å²) in [6.07, 6.45) is -0.178. The van der Waals surface area contributed by atoms with Crippen LogP contribution in [0.5, 0.6) is 0 Å². The van der Waals surface area contributed by atoms with E-state index in [-0.39, 0.29) is 12.2 Å². The summed E-state index contributed by atoms with van der Waals surface area (Å²) < 4.78 is 39.0. The van der Waals surface area contributed by atoms with Crippen LogP contribution in [0.2, 0.25) is 0 Å². The highest BCUT2D eigenvalue weighted by Crippen LogP contribution is 2.35. The number of aromatic amines is 1. The van der Waals surface area contributed by atoms with Crippen LogP contribution in [0.15, 0.2) is 53.7 Å². The van der Waals surface area contributed by atoms with Gasteiger partial charge >= 0.3 is 18.1 Å². The normalized spacial score (nSPS) is 12.7. The molecule has 4 N–H and O–H groups in total. The van der Waals surface area contributed by atoms with Crippen molar-refractivity contribution in [2.24, 2.45) is 5.73 Å². The molecule has 3 aromatic heterocycles. The van der Waals surface area contributed by atoms with E-state index in [4.69, 9.17) is 25.4 Å². The summed E-state index contributed by atoms with van der Waals surface area (Å²) in [5.41, 5.74) is 12.3. The highest BCUT2D eigenvalue weighted by atomic mass is 19.4. The SMILES string of the molecule is Cc1ccc2n(c1=O)Cc1c-2nc2ccccc2c1CCCOC(=O)[C@@H](N)Cc1cnc[nH]1.O=C(O)C(F)(F)F. The van der Waals surface area contributed by atoms with E-state index in [0.717, 1.165) is 44.7 Å². The van der Waals surface area contributed by atoms with Gasteiger partial charge in [-0.3, -0.25) is 9.59 Å². The number of carboxylic acids is 1. The molecule has 40 heavy (non-hydrogen) atoms. The molecule has 10 nitrogen and oxygen atoms in total. The minimum Gasteiger partial charge on any atom is -0.475 e. The maximum Gasteiger partial charge on any atom is 0.490 e. The molecule has 0 amide bonds. The molecule has 4 heterocycles. The zero-order valence-corrected chi connectivity index (χ0v) is 21.4. The number of esters is 1. The van der Waals surface area contributed by atoms with E-state index in [0.29, 0.717) is 25.8 Å². The van der Waals surface area contributed by atoms with Crippen LogP contribution in [0, 0.1) is 6.92 Å². The minimum absolute atomic E-state index is 0.0145.